The molecule has 3 aromatic rings. The van der Waals surface area contributed by atoms with Crippen molar-refractivity contribution in [3.05, 3.63) is 52.7 Å². The third kappa shape index (κ3) is 3.27. The third-order valence-electron chi connectivity index (χ3n) is 4.67. The lowest BCUT2D eigenvalue weighted by Gasteiger charge is -2.15. The Morgan fingerprint density at radius 2 is 2.20 bits per heavy atom. The van der Waals surface area contributed by atoms with Crippen molar-refractivity contribution in [2.45, 2.75) is 26.0 Å². The van der Waals surface area contributed by atoms with E-state index in [4.69, 9.17) is 0 Å². The van der Waals surface area contributed by atoms with Gasteiger partial charge in [-0.2, -0.15) is 0 Å². The van der Waals surface area contributed by atoms with E-state index in [0.29, 0.717) is 0 Å². The minimum Gasteiger partial charge on any atom is -0.392 e. The maximum absolute atomic E-state index is 9.71. The molecule has 0 amide bonds. The van der Waals surface area contributed by atoms with Crippen molar-refractivity contribution >= 4 is 33.0 Å². The topological polar surface area (TPSA) is 65.7 Å². The van der Waals surface area contributed by atoms with Crippen molar-refractivity contribution in [3.8, 4) is 0 Å². The predicted octanol–water partition coefficient (Wildman–Crippen LogP) is 3.11. The molecule has 6 nitrogen and oxygen atoms in total. The molecule has 1 aliphatic rings. The molecule has 1 fully saturated rings. The molecule has 0 spiro atoms. The van der Waals surface area contributed by atoms with Crippen molar-refractivity contribution in [1.29, 1.82) is 0 Å². The van der Waals surface area contributed by atoms with E-state index in [1.165, 1.54) is 0 Å². The van der Waals surface area contributed by atoms with Gasteiger partial charge in [-0.25, -0.2) is 9.97 Å². The molecule has 2 N–H and O–H groups in total. The molecule has 1 saturated heterocycles. The van der Waals surface area contributed by atoms with Crippen LogP contribution in [0.2, 0.25) is 0 Å². The van der Waals surface area contributed by atoms with Crippen LogP contribution < -0.4 is 5.32 Å². The van der Waals surface area contributed by atoms with Crippen molar-refractivity contribution < 1.29 is 5.11 Å². The van der Waals surface area contributed by atoms with E-state index < -0.39 is 0 Å². The van der Waals surface area contributed by atoms with E-state index in [1.807, 2.05) is 28.8 Å². The van der Waals surface area contributed by atoms with Gasteiger partial charge in [0.05, 0.1) is 24.2 Å². The Labute approximate surface area is 154 Å². The van der Waals surface area contributed by atoms with Crippen LogP contribution in [-0.4, -0.2) is 43.6 Å². The fourth-order valence-corrected chi connectivity index (χ4v) is 3.60. The largest absolute Gasteiger partial charge is 0.392 e. The van der Waals surface area contributed by atoms with Crippen LogP contribution in [0.15, 0.2) is 41.4 Å². The SMILES string of the molecule is Cc1c(Br)cccc1Nc1cncn2c(CN3CC[C@H](O)C3)cnc12. The number of hydrogen-bond acceptors (Lipinski definition) is 5. The first-order valence-corrected chi connectivity index (χ1v) is 9.13. The van der Waals surface area contributed by atoms with E-state index >= 15 is 0 Å². The first-order valence-electron chi connectivity index (χ1n) is 8.34. The summed E-state index contributed by atoms with van der Waals surface area (Å²) in [6, 6.07) is 6.07. The molecule has 0 unspecified atom stereocenters. The van der Waals surface area contributed by atoms with Gasteiger partial charge < -0.3 is 10.4 Å². The summed E-state index contributed by atoms with van der Waals surface area (Å²) < 4.78 is 3.08. The zero-order valence-electron chi connectivity index (χ0n) is 14.0. The van der Waals surface area contributed by atoms with Gasteiger partial charge >= 0.3 is 0 Å². The number of β-amino-alcohol motifs (C(OH)–C–C–N with tert-alkyl or cyclic N) is 1. The fraction of sp³-hybridized carbons (Fsp3) is 0.333. The average molecular weight is 402 g/mol. The van der Waals surface area contributed by atoms with Crippen LogP contribution in [0.3, 0.4) is 0 Å². The van der Waals surface area contributed by atoms with Crippen molar-refractivity contribution in [2.24, 2.45) is 0 Å². The number of rotatable bonds is 4. The summed E-state index contributed by atoms with van der Waals surface area (Å²) in [6.07, 6.45) is 6.11. The van der Waals surface area contributed by atoms with Crippen LogP contribution in [0, 0.1) is 6.92 Å². The molecule has 1 atom stereocenters. The molecule has 25 heavy (non-hydrogen) atoms. The van der Waals surface area contributed by atoms with Gasteiger partial charge in [-0.1, -0.05) is 22.0 Å². The van der Waals surface area contributed by atoms with Crippen LogP contribution in [-0.2, 0) is 6.54 Å². The number of aliphatic hydroxyl groups excluding tert-OH is 1. The van der Waals surface area contributed by atoms with Crippen LogP contribution in [0.1, 0.15) is 17.7 Å². The van der Waals surface area contributed by atoms with E-state index in [-0.39, 0.29) is 6.10 Å². The van der Waals surface area contributed by atoms with Crippen LogP contribution in [0.5, 0.6) is 0 Å². The van der Waals surface area contributed by atoms with Gasteiger partial charge in [0.2, 0.25) is 0 Å². The van der Waals surface area contributed by atoms with Crippen molar-refractivity contribution in [1.82, 2.24) is 19.3 Å². The Hall–Kier alpha value is -1.96. The van der Waals surface area contributed by atoms with Crippen LogP contribution in [0.25, 0.3) is 5.65 Å². The van der Waals surface area contributed by atoms with Gasteiger partial charge in [0.15, 0.2) is 5.65 Å². The second-order valence-corrected chi connectivity index (χ2v) is 7.32. The van der Waals surface area contributed by atoms with Crippen molar-refractivity contribution in [2.75, 3.05) is 18.4 Å². The van der Waals surface area contributed by atoms with Gasteiger partial charge in [-0.15, -0.1) is 0 Å². The molecule has 1 aliphatic heterocycles. The summed E-state index contributed by atoms with van der Waals surface area (Å²) in [5.41, 5.74) is 4.96. The Morgan fingerprint density at radius 1 is 1.32 bits per heavy atom. The summed E-state index contributed by atoms with van der Waals surface area (Å²) in [5.74, 6) is 0. The lowest BCUT2D eigenvalue weighted by atomic mass is 10.2. The van der Waals surface area contributed by atoms with Gasteiger partial charge in [-0.3, -0.25) is 9.30 Å². The molecule has 3 heterocycles. The van der Waals surface area contributed by atoms with Gasteiger partial charge in [0, 0.05) is 29.8 Å². The molecule has 7 heteroatoms. The lowest BCUT2D eigenvalue weighted by Crippen LogP contribution is -2.22. The second kappa shape index (κ2) is 6.74. The highest BCUT2D eigenvalue weighted by Gasteiger charge is 2.21. The highest BCUT2D eigenvalue weighted by atomic mass is 79.9. The molecule has 0 radical (unpaired) electrons. The monoisotopic (exact) mass is 401 g/mol. The van der Waals surface area contributed by atoms with Gasteiger partial charge in [0.25, 0.3) is 0 Å². The van der Waals surface area contributed by atoms with Gasteiger partial charge in [-0.05, 0) is 31.0 Å². The first-order chi connectivity index (χ1) is 12.1. The van der Waals surface area contributed by atoms with Crippen molar-refractivity contribution in [3.63, 3.8) is 0 Å². The average Bonchev–Trinajstić information content (AvgIpc) is 3.19. The minimum absolute atomic E-state index is 0.214. The number of aromatic nitrogens is 3. The van der Waals surface area contributed by atoms with Gasteiger partial charge in [0.1, 0.15) is 12.0 Å². The third-order valence-corrected chi connectivity index (χ3v) is 5.53. The number of nitrogens with zero attached hydrogens (tertiary/aromatic N) is 4. The Bertz CT molecular complexity index is 910. The quantitative estimate of drug-likeness (QED) is 0.702. The number of aliphatic hydroxyl groups is 1. The molecule has 0 bridgehead atoms. The highest BCUT2D eigenvalue weighted by molar-refractivity contribution is 9.10. The summed E-state index contributed by atoms with van der Waals surface area (Å²) in [5, 5.41) is 13.1. The minimum atomic E-state index is -0.214. The van der Waals surface area contributed by atoms with Crippen LogP contribution >= 0.6 is 15.9 Å². The maximum atomic E-state index is 9.71. The molecular formula is C18H20BrN5O. The van der Waals surface area contributed by atoms with E-state index in [1.54, 1.807) is 12.5 Å². The smallest absolute Gasteiger partial charge is 0.163 e. The molecule has 0 aliphatic carbocycles. The number of fused-ring (bicyclic) bond motifs is 1. The molecule has 130 valence electrons. The molecule has 4 rings (SSSR count). The normalized spacial score (nSPS) is 18.1. The number of imidazole rings is 1. The summed E-state index contributed by atoms with van der Waals surface area (Å²) in [6.45, 7) is 4.46. The number of likely N-dealkylation sites (tertiary alicyclic amines) is 1. The summed E-state index contributed by atoms with van der Waals surface area (Å²) in [7, 11) is 0. The lowest BCUT2D eigenvalue weighted by molar-refractivity contribution is 0.174. The Balaban J connectivity index is 1.63. The van der Waals surface area contributed by atoms with Crippen LogP contribution in [0.4, 0.5) is 11.4 Å². The molecule has 2 aromatic heterocycles. The van der Waals surface area contributed by atoms with E-state index in [2.05, 4.69) is 43.0 Å². The Morgan fingerprint density at radius 3 is 3.00 bits per heavy atom. The predicted molar refractivity (Wildman–Crippen MR) is 101 cm³/mol. The fourth-order valence-electron chi connectivity index (χ4n) is 3.23. The molecule has 0 saturated carbocycles. The Kier molecular flexibility index (Phi) is 4.45. The molecule has 1 aromatic carbocycles. The number of benzene rings is 1. The zero-order valence-corrected chi connectivity index (χ0v) is 15.6. The summed E-state index contributed by atoms with van der Waals surface area (Å²) >= 11 is 3.56. The standard InChI is InChI=1S/C18H20BrN5O/c1-12-15(19)3-2-4-16(12)22-17-8-20-11-24-13(7-21-18(17)24)9-23-6-5-14(25)10-23/h2-4,7-8,11,14,22,25H,5-6,9-10H2,1H3/t14-/m0/s1. The number of hydrogen-bond donors (Lipinski definition) is 2. The number of anilines is 2. The first kappa shape index (κ1) is 16.5. The molecular weight excluding hydrogens is 382 g/mol. The van der Waals surface area contributed by atoms with E-state index in [0.717, 1.165) is 58.8 Å². The van der Waals surface area contributed by atoms with E-state index in [9.17, 15) is 5.11 Å². The highest BCUT2D eigenvalue weighted by Crippen LogP contribution is 2.28. The zero-order chi connectivity index (χ0) is 17.4. The number of halogens is 1. The second-order valence-electron chi connectivity index (χ2n) is 6.47. The summed E-state index contributed by atoms with van der Waals surface area (Å²) in [4.78, 5) is 11.2. The maximum Gasteiger partial charge on any atom is 0.163 e. The number of nitrogens with one attached hydrogen (secondary N) is 1.